The standard InChI is InChI=1S/C39H59N3O4S3/c1-4-6-8-9-10-11-12-13-14-18-28-48-38(47)49-35(37(45)46-27-26-42-25-24-41(32-42)23-7-5-2)29-34(33-19-16-15-17-20-33)30-39(3,31-40)22-21-36(43)44/h15-17,19-20,24-25,32,34-35H,4-14,18,21-23,26-30H2,1-3H3/p+1. The summed E-state index contributed by atoms with van der Waals surface area (Å²) in [6.07, 6.45) is 22.2. The van der Waals surface area contributed by atoms with Crippen LogP contribution in [0.25, 0.3) is 0 Å². The molecule has 1 N–H and O–H groups in total. The minimum Gasteiger partial charge on any atom is -0.481 e. The number of hydrogen-bond acceptors (Lipinski definition) is 7. The van der Waals surface area contributed by atoms with E-state index in [1.165, 1.54) is 69.5 Å². The topological polar surface area (TPSA) is 96.2 Å². The zero-order chi connectivity index (χ0) is 35.7. The van der Waals surface area contributed by atoms with Crippen LogP contribution in [0.2, 0.25) is 0 Å². The van der Waals surface area contributed by atoms with Gasteiger partial charge < -0.3 is 9.84 Å². The van der Waals surface area contributed by atoms with Crippen LogP contribution in [-0.2, 0) is 27.4 Å². The molecule has 2 aromatic rings. The number of aromatic nitrogens is 2. The summed E-state index contributed by atoms with van der Waals surface area (Å²) < 4.78 is 10.8. The van der Waals surface area contributed by atoms with E-state index in [0.29, 0.717) is 19.4 Å². The molecule has 0 aliphatic carbocycles. The maximum absolute atomic E-state index is 13.7. The Morgan fingerprint density at radius 2 is 1.67 bits per heavy atom. The van der Waals surface area contributed by atoms with Crippen LogP contribution in [0.1, 0.15) is 135 Å². The number of carboxylic acid groups (broad SMARTS) is 1. The molecule has 0 bridgehead atoms. The molecule has 3 atom stereocenters. The Labute approximate surface area is 310 Å². The zero-order valence-electron chi connectivity index (χ0n) is 30.2. The van der Waals surface area contributed by atoms with Gasteiger partial charge in [-0.3, -0.25) is 9.59 Å². The lowest BCUT2D eigenvalue weighted by Crippen LogP contribution is -2.31. The number of carboxylic acids is 1. The molecule has 272 valence electrons. The number of imidazole rings is 1. The summed E-state index contributed by atoms with van der Waals surface area (Å²) in [5.74, 6) is -0.442. The van der Waals surface area contributed by atoms with Crippen molar-refractivity contribution in [2.75, 3.05) is 12.4 Å². The van der Waals surface area contributed by atoms with Gasteiger partial charge in [-0.25, -0.2) is 9.13 Å². The first kappa shape index (κ1) is 42.8. The zero-order valence-corrected chi connectivity index (χ0v) is 32.6. The summed E-state index contributed by atoms with van der Waals surface area (Å²) >= 11 is 8.86. The molecule has 0 radical (unpaired) electrons. The number of carbonyl (C=O) groups excluding carboxylic acids is 1. The lowest BCUT2D eigenvalue weighted by molar-refractivity contribution is -0.696. The first-order chi connectivity index (χ1) is 23.7. The van der Waals surface area contributed by atoms with Crippen molar-refractivity contribution in [3.05, 3.63) is 54.6 Å². The van der Waals surface area contributed by atoms with E-state index in [1.54, 1.807) is 11.8 Å². The number of thiocarbonyl (C=S) groups is 1. The predicted molar refractivity (Wildman–Crippen MR) is 208 cm³/mol. The fourth-order valence-corrected chi connectivity index (χ4v) is 8.64. The molecule has 0 aliphatic heterocycles. The van der Waals surface area contributed by atoms with Crippen molar-refractivity contribution in [3.63, 3.8) is 0 Å². The minimum absolute atomic E-state index is 0.0800. The molecule has 0 fully saturated rings. The molecule has 1 aromatic heterocycles. The second-order valence-corrected chi connectivity index (χ2v) is 16.9. The molecule has 2 rings (SSSR count). The van der Waals surface area contributed by atoms with Gasteiger partial charge in [0.1, 0.15) is 34.3 Å². The first-order valence-corrected chi connectivity index (χ1v) is 20.7. The van der Waals surface area contributed by atoms with E-state index in [-0.39, 0.29) is 31.3 Å². The number of aliphatic carboxylic acids is 1. The maximum atomic E-state index is 13.7. The fourth-order valence-electron chi connectivity index (χ4n) is 5.93. The molecule has 0 saturated heterocycles. The molecule has 1 heterocycles. The van der Waals surface area contributed by atoms with E-state index in [2.05, 4.69) is 24.5 Å². The monoisotopic (exact) mass is 730 g/mol. The van der Waals surface area contributed by atoms with Crippen LogP contribution in [0.15, 0.2) is 49.1 Å². The van der Waals surface area contributed by atoms with Crippen molar-refractivity contribution in [1.29, 1.82) is 5.26 Å². The molecular weight excluding hydrogens is 671 g/mol. The van der Waals surface area contributed by atoms with Crippen molar-refractivity contribution in [2.45, 2.75) is 148 Å². The number of hydrogen-bond donors (Lipinski definition) is 1. The lowest BCUT2D eigenvalue weighted by atomic mass is 9.75. The molecule has 0 amide bonds. The molecule has 3 unspecified atom stereocenters. The summed E-state index contributed by atoms with van der Waals surface area (Å²) in [6.45, 7) is 8.02. The molecule has 1 aromatic carbocycles. The second-order valence-electron chi connectivity index (χ2n) is 13.4. The predicted octanol–water partition coefficient (Wildman–Crippen LogP) is 10.1. The van der Waals surface area contributed by atoms with Crippen molar-refractivity contribution in [2.24, 2.45) is 5.41 Å². The lowest BCUT2D eigenvalue weighted by Gasteiger charge is -2.29. The minimum atomic E-state index is -0.918. The van der Waals surface area contributed by atoms with E-state index < -0.39 is 16.6 Å². The molecule has 0 aliphatic rings. The highest BCUT2D eigenvalue weighted by molar-refractivity contribution is 8.47. The van der Waals surface area contributed by atoms with E-state index in [1.807, 2.05) is 60.5 Å². The Morgan fingerprint density at radius 1 is 1.02 bits per heavy atom. The number of benzene rings is 1. The largest absolute Gasteiger partial charge is 0.481 e. The van der Waals surface area contributed by atoms with Crippen LogP contribution in [-0.4, -0.2) is 42.8 Å². The quantitative estimate of drug-likeness (QED) is 0.0420. The van der Waals surface area contributed by atoms with E-state index >= 15 is 0 Å². The van der Waals surface area contributed by atoms with Crippen LogP contribution >= 0.6 is 35.7 Å². The molecule has 0 spiro atoms. The third-order valence-corrected chi connectivity index (χ3v) is 11.8. The van der Waals surface area contributed by atoms with Gasteiger partial charge in [-0.2, -0.15) is 5.26 Å². The van der Waals surface area contributed by atoms with Gasteiger partial charge in [0.25, 0.3) is 0 Å². The van der Waals surface area contributed by atoms with Crippen LogP contribution in [0, 0.1) is 16.7 Å². The van der Waals surface area contributed by atoms with E-state index in [9.17, 15) is 20.0 Å². The Bertz CT molecular complexity index is 1270. The number of carbonyl (C=O) groups is 2. The second kappa shape index (κ2) is 25.6. The summed E-state index contributed by atoms with van der Waals surface area (Å²) in [7, 11) is 0. The van der Waals surface area contributed by atoms with Gasteiger partial charge in [0.05, 0.1) is 18.0 Å². The number of nitrogens with zero attached hydrogens (tertiary/aromatic N) is 3. The van der Waals surface area contributed by atoms with Crippen molar-refractivity contribution >= 4 is 51.2 Å². The average Bonchev–Trinajstić information content (AvgIpc) is 3.56. The fraction of sp³-hybridized carbons (Fsp3) is 0.667. The van der Waals surface area contributed by atoms with Crippen LogP contribution in [0.4, 0.5) is 0 Å². The van der Waals surface area contributed by atoms with Crippen molar-refractivity contribution in [3.8, 4) is 6.07 Å². The van der Waals surface area contributed by atoms with Gasteiger partial charge in [0.15, 0.2) is 0 Å². The van der Waals surface area contributed by atoms with Crippen LogP contribution < -0.4 is 4.57 Å². The average molecular weight is 731 g/mol. The van der Waals surface area contributed by atoms with E-state index in [4.69, 9.17) is 17.0 Å². The summed E-state index contributed by atoms with van der Waals surface area (Å²) in [6, 6.07) is 12.3. The van der Waals surface area contributed by atoms with Gasteiger partial charge in [-0.15, -0.1) is 11.8 Å². The maximum Gasteiger partial charge on any atom is 0.319 e. The van der Waals surface area contributed by atoms with Gasteiger partial charge in [-0.05, 0) is 56.3 Å². The van der Waals surface area contributed by atoms with Gasteiger partial charge in [0.2, 0.25) is 6.33 Å². The summed E-state index contributed by atoms with van der Waals surface area (Å²) in [4.78, 5) is 25.1. The van der Waals surface area contributed by atoms with Gasteiger partial charge in [-0.1, -0.05) is 132 Å². The number of aryl methyl sites for hydroxylation is 1. The number of esters is 1. The number of rotatable bonds is 27. The Morgan fingerprint density at radius 3 is 2.31 bits per heavy atom. The van der Waals surface area contributed by atoms with Gasteiger partial charge >= 0.3 is 11.9 Å². The number of unbranched alkanes of at least 4 members (excludes halogenated alkanes) is 10. The molecule has 10 heteroatoms. The van der Waals surface area contributed by atoms with E-state index in [0.717, 1.165) is 40.7 Å². The van der Waals surface area contributed by atoms with Crippen LogP contribution in [0.3, 0.4) is 0 Å². The first-order valence-electron chi connectivity index (χ1n) is 18.4. The Balaban J connectivity index is 2.05. The van der Waals surface area contributed by atoms with Crippen LogP contribution in [0.5, 0.6) is 0 Å². The SMILES string of the molecule is CCCCCCCCCCCCSC(=S)SC(CC(CC(C)(C#N)CCC(=O)O)c1ccccc1)C(=O)OCCn1cc[n+](CCCC)c1. The summed E-state index contributed by atoms with van der Waals surface area (Å²) in [5.41, 5.74) is 0.162. The molecule has 49 heavy (non-hydrogen) atoms. The highest BCUT2D eigenvalue weighted by atomic mass is 32.2. The third-order valence-electron chi connectivity index (χ3n) is 8.96. The van der Waals surface area contributed by atoms with Crippen molar-refractivity contribution < 1.29 is 24.0 Å². The highest BCUT2D eigenvalue weighted by Gasteiger charge is 2.34. The molecular formula is C39H60N3O4S3+. The van der Waals surface area contributed by atoms with Gasteiger partial charge in [0, 0.05) is 6.42 Å². The number of ether oxygens (including phenoxy) is 1. The smallest absolute Gasteiger partial charge is 0.319 e. The molecule has 7 nitrogen and oxygen atoms in total. The summed E-state index contributed by atoms with van der Waals surface area (Å²) in [5, 5.41) is 18.9. The highest BCUT2D eigenvalue weighted by Crippen LogP contribution is 2.40. The normalized spacial score (nSPS) is 13.7. The van der Waals surface area contributed by atoms with Crippen molar-refractivity contribution in [1.82, 2.24) is 4.57 Å². The molecule has 0 saturated carbocycles. The third kappa shape index (κ3) is 19.0. The Kier molecular flexibility index (Phi) is 22.3. The number of nitriles is 1. The Hall–Kier alpha value is -2.35. The number of thioether (sulfide) groups is 2.